The van der Waals surface area contributed by atoms with Gasteiger partial charge in [0, 0.05) is 16.7 Å². The number of nitrogens with zero attached hydrogens (tertiary/aromatic N) is 2. The van der Waals surface area contributed by atoms with E-state index in [0.717, 1.165) is 42.6 Å². The normalized spacial score (nSPS) is 12.7. The molecule has 111 heavy (non-hydrogen) atoms. The second kappa shape index (κ2) is 82.4. The lowest BCUT2D eigenvalue weighted by atomic mass is 9.93. The lowest BCUT2D eigenvalue weighted by Gasteiger charge is -2.11. The fourth-order valence-corrected chi connectivity index (χ4v) is 18.3. The van der Waals surface area contributed by atoms with E-state index in [1.807, 2.05) is 0 Å². The molecule has 0 spiro atoms. The molecule has 3 rings (SSSR count). The zero-order valence-corrected chi connectivity index (χ0v) is 76.2. The first-order valence-electron chi connectivity index (χ1n) is 52.0. The molecule has 0 atom stereocenters. The summed E-state index contributed by atoms with van der Waals surface area (Å²) in [6.07, 6.45) is 127. The first kappa shape index (κ1) is 102. The molecule has 1 aliphatic heterocycles. The molecule has 0 saturated heterocycles. The third-order valence-electron chi connectivity index (χ3n) is 25.9. The van der Waals surface area contributed by atoms with E-state index in [1.54, 1.807) is 4.70 Å². The van der Waals surface area contributed by atoms with Crippen LogP contribution in [-0.4, -0.2) is 4.70 Å². The van der Waals surface area contributed by atoms with Crippen LogP contribution in [0.5, 0.6) is 0 Å². The molecule has 0 fully saturated rings. The molecule has 1 aliphatic rings. The van der Waals surface area contributed by atoms with Crippen molar-refractivity contribution >= 4 is 11.4 Å². The van der Waals surface area contributed by atoms with Crippen molar-refractivity contribution in [1.82, 2.24) is 0 Å². The van der Waals surface area contributed by atoms with Crippen molar-refractivity contribution in [2.45, 2.75) is 586 Å². The standard InChI is InChI=1S/C109H196N2/c1-5-9-13-17-21-25-29-33-37-41-45-47-48-49-50-51-53-57-61-65-69-73-77-81-85-89-93-107-106(92-88-84-80-76-72-68-64-60-56-52-46-42-38-34-30-26-22-18-14-10-6-2)108(104-98-94-102(95-99-104)90-86-82-78-74-70-66-62-58-54-43-39-35-31-27-23-19-15-11-7-3)111(110)109(107)105-100-96-103(97-101-105)91-87-83-79-75-71-67-63-59-55-44-40-36-32-28-24-20-16-12-8-4/h89,93-101H,5-88,90-92H2,1-4H3. The van der Waals surface area contributed by atoms with Crippen LogP contribution in [0.25, 0.3) is 16.9 Å². The van der Waals surface area contributed by atoms with Crippen LogP contribution in [0.15, 0.2) is 71.8 Å². The molecule has 0 aromatic heterocycles. The van der Waals surface area contributed by atoms with Gasteiger partial charge >= 0.3 is 0 Å². The molecule has 2 aromatic rings. The minimum Gasteiger partial charge on any atom is -0.493 e. The van der Waals surface area contributed by atoms with Crippen molar-refractivity contribution in [2.24, 2.45) is 0 Å². The van der Waals surface area contributed by atoms with Gasteiger partial charge in [-0.3, -0.25) is 0 Å². The van der Waals surface area contributed by atoms with E-state index in [4.69, 9.17) is 0 Å². The average molecular weight is 1530 g/mol. The first-order chi connectivity index (χ1) is 55.1. The lowest BCUT2D eigenvalue weighted by molar-refractivity contribution is -0.345. The van der Waals surface area contributed by atoms with E-state index in [0.29, 0.717) is 0 Å². The predicted octanol–water partition coefficient (Wildman–Crippen LogP) is 39.7. The zero-order chi connectivity index (χ0) is 78.8. The van der Waals surface area contributed by atoms with E-state index in [-0.39, 0.29) is 0 Å². The number of rotatable bonds is 90. The minimum absolute atomic E-state index is 0.993. The number of allylic oxidation sites excluding steroid dienone is 4. The fraction of sp³-hybridized carbons (Fsp3) is 0.835. The van der Waals surface area contributed by atoms with Crippen molar-refractivity contribution in [3.63, 3.8) is 0 Å². The van der Waals surface area contributed by atoms with Crippen LogP contribution in [0, 0.1) is 0 Å². The predicted molar refractivity (Wildman–Crippen MR) is 502 cm³/mol. The average Bonchev–Trinajstić information content (AvgIpc) is 1.61. The van der Waals surface area contributed by atoms with Gasteiger partial charge in [-0.1, -0.05) is 571 Å². The summed E-state index contributed by atoms with van der Waals surface area (Å²) >= 11 is 0. The number of benzene rings is 2. The van der Waals surface area contributed by atoms with Crippen molar-refractivity contribution in [2.75, 3.05) is 0 Å². The molecule has 0 unspecified atom stereocenters. The van der Waals surface area contributed by atoms with Gasteiger partial charge in [0.2, 0.25) is 11.4 Å². The van der Waals surface area contributed by atoms with Gasteiger partial charge in [-0.25, -0.2) is 4.70 Å². The summed E-state index contributed by atoms with van der Waals surface area (Å²) in [5.41, 5.74) is 22.7. The SMILES string of the molecule is CCCCCCCCCCCCCCCCCCCCCCCCCCC=CC1=C(c2ccc(CCCCCCCCCCCCCCCCCCCCC)cc2)[N+](=[N-])C(c2ccc(CCCCCCCCCCCCCCCCCCCCC)cc2)=C1CCCCCCCCCCCCCCCCCCCCCCC. The van der Waals surface area contributed by atoms with Crippen LogP contribution < -0.4 is 0 Å². The Morgan fingerprint density at radius 1 is 0.198 bits per heavy atom. The molecule has 0 N–H and O–H groups in total. The summed E-state index contributed by atoms with van der Waals surface area (Å²) in [6.45, 7) is 9.28. The molecule has 1 heterocycles. The largest absolute Gasteiger partial charge is 0.493 e. The van der Waals surface area contributed by atoms with Gasteiger partial charge in [0.1, 0.15) is 0 Å². The van der Waals surface area contributed by atoms with Crippen molar-refractivity contribution < 1.29 is 4.70 Å². The molecule has 0 amide bonds. The van der Waals surface area contributed by atoms with E-state index in [9.17, 15) is 5.53 Å². The lowest BCUT2D eigenvalue weighted by Crippen LogP contribution is -2.03. The maximum Gasteiger partial charge on any atom is 0.215 e. The van der Waals surface area contributed by atoms with Gasteiger partial charge in [0.25, 0.3) is 0 Å². The summed E-state index contributed by atoms with van der Waals surface area (Å²) < 4.78 is 1.65. The van der Waals surface area contributed by atoms with E-state index < -0.39 is 0 Å². The van der Waals surface area contributed by atoms with Gasteiger partial charge in [0.15, 0.2) is 0 Å². The molecular weight excluding hydrogens is 1340 g/mol. The van der Waals surface area contributed by atoms with Gasteiger partial charge in [-0.05, 0) is 86.8 Å². The molecule has 0 bridgehead atoms. The highest BCUT2D eigenvalue weighted by molar-refractivity contribution is 5.84. The Morgan fingerprint density at radius 2 is 0.369 bits per heavy atom. The second-order valence-electron chi connectivity index (χ2n) is 36.7. The molecule has 2 heteroatoms. The summed E-state index contributed by atoms with van der Waals surface area (Å²) in [6, 6.07) is 19.0. The third kappa shape index (κ3) is 62.2. The van der Waals surface area contributed by atoms with Crippen LogP contribution in [-0.2, 0) is 12.8 Å². The maximum atomic E-state index is 12.8. The molecule has 2 aromatic carbocycles. The third-order valence-corrected chi connectivity index (χ3v) is 25.9. The first-order valence-corrected chi connectivity index (χ1v) is 52.0. The minimum atomic E-state index is 0.993. The summed E-state index contributed by atoms with van der Waals surface area (Å²) in [7, 11) is 0. The second-order valence-corrected chi connectivity index (χ2v) is 36.7. The number of hydrogen-bond acceptors (Lipinski definition) is 0. The highest BCUT2D eigenvalue weighted by atomic mass is 15.2. The fourth-order valence-electron chi connectivity index (χ4n) is 18.3. The van der Waals surface area contributed by atoms with Crippen LogP contribution in [0.4, 0.5) is 0 Å². The van der Waals surface area contributed by atoms with Gasteiger partial charge in [-0.15, -0.1) is 0 Å². The Morgan fingerprint density at radius 3 is 0.577 bits per heavy atom. The topological polar surface area (TPSA) is 25.3 Å². The van der Waals surface area contributed by atoms with Crippen LogP contribution in [0.3, 0.4) is 0 Å². The van der Waals surface area contributed by atoms with Crippen molar-refractivity contribution in [3.05, 3.63) is 99.6 Å². The smallest absolute Gasteiger partial charge is 0.215 e. The van der Waals surface area contributed by atoms with Crippen LogP contribution >= 0.6 is 0 Å². The molecule has 642 valence electrons. The Bertz CT molecular complexity index is 2330. The highest BCUT2D eigenvalue weighted by Crippen LogP contribution is 2.44. The molecule has 2 nitrogen and oxygen atoms in total. The van der Waals surface area contributed by atoms with E-state index in [2.05, 4.69) is 88.4 Å². The maximum absolute atomic E-state index is 12.8. The summed E-state index contributed by atoms with van der Waals surface area (Å²) in [4.78, 5) is 0. The molecular formula is C109H196N2. The van der Waals surface area contributed by atoms with Gasteiger partial charge < -0.3 is 5.53 Å². The number of unbranched alkanes of at least 4 members (excludes halogenated alkanes) is 80. The molecule has 0 radical (unpaired) electrons. The number of aryl methyl sites for hydroxylation is 2. The Kier molecular flexibility index (Phi) is 76.0. The van der Waals surface area contributed by atoms with Crippen molar-refractivity contribution in [3.8, 4) is 0 Å². The summed E-state index contributed by atoms with van der Waals surface area (Å²) in [5, 5.41) is 0. The Labute approximate surface area is 697 Å². The van der Waals surface area contributed by atoms with Crippen LogP contribution in [0.1, 0.15) is 596 Å². The van der Waals surface area contributed by atoms with Gasteiger partial charge in [-0.2, -0.15) is 0 Å². The van der Waals surface area contributed by atoms with Crippen molar-refractivity contribution in [1.29, 1.82) is 0 Å². The number of hydrogen-bond donors (Lipinski definition) is 0. The van der Waals surface area contributed by atoms with E-state index in [1.165, 1.54) is 561 Å². The Hall–Kier alpha value is -2.74. The van der Waals surface area contributed by atoms with Crippen LogP contribution in [0.2, 0.25) is 0 Å². The quantitative estimate of drug-likeness (QED) is 0.0466. The molecule has 0 aliphatic carbocycles. The zero-order valence-electron chi connectivity index (χ0n) is 76.2. The molecule has 0 saturated carbocycles. The Balaban J connectivity index is 1.57. The monoisotopic (exact) mass is 1530 g/mol. The highest BCUT2D eigenvalue weighted by Gasteiger charge is 2.34. The van der Waals surface area contributed by atoms with Gasteiger partial charge in [0.05, 0.1) is 5.57 Å². The van der Waals surface area contributed by atoms with E-state index >= 15 is 0 Å². The summed E-state index contributed by atoms with van der Waals surface area (Å²) in [5.74, 6) is 0.